The Labute approximate surface area is 487 Å². The Morgan fingerprint density at radius 2 is 0.744 bits per heavy atom. The summed E-state index contributed by atoms with van der Waals surface area (Å²) in [5, 5.41) is 14.1. The molecule has 2 N–H and O–H groups in total. The number of aliphatic hydroxyl groups excluding tert-OH is 1. The molecule has 0 spiro atoms. The smallest absolute Gasteiger partial charge is 0.268 e. The Morgan fingerprint density at radius 3 is 1.08 bits per heavy atom. The highest BCUT2D eigenvalue weighted by atomic mass is 31.2. The van der Waals surface area contributed by atoms with Crippen molar-refractivity contribution < 1.29 is 32.9 Å². The van der Waals surface area contributed by atoms with Gasteiger partial charge in [0.2, 0.25) is 5.91 Å². The summed E-state index contributed by atoms with van der Waals surface area (Å²) in [7, 11) is 1.32. The number of phosphoric ester groups is 1. The molecule has 0 rings (SSSR count). The highest BCUT2D eigenvalue weighted by Crippen LogP contribution is 2.38. The standard InChI is InChI=1S/C69H135N2O6P/c1-6-8-10-12-14-16-18-20-22-24-26-28-30-31-32-33-34-35-36-37-38-39-41-43-45-47-49-51-53-55-57-59-61-63-69(73)70-67(66-77-78(74,75)76-65-64-71(3,4)5)68(72)62-60-58-56-54-52-50-48-46-44-42-40-29-27-25-23-21-19-17-15-13-11-9-7-2/h18,20,24,26,30-31,67-68,72H,6-17,19,21-23,25,27-29,32-66H2,1-5H3,(H-,70,73,74,75)/b20-18-,26-24-,31-30-. The lowest BCUT2D eigenvalue weighted by Gasteiger charge is -2.30. The molecule has 1 amide bonds. The molecule has 8 nitrogen and oxygen atoms in total. The molecular weight excluding hydrogens is 984 g/mol. The van der Waals surface area contributed by atoms with Crippen LogP contribution in [0.1, 0.15) is 348 Å². The molecule has 9 heteroatoms. The van der Waals surface area contributed by atoms with Crippen molar-refractivity contribution in [1.82, 2.24) is 5.32 Å². The Balaban J connectivity index is 4.01. The molecule has 0 aliphatic heterocycles. The molecule has 0 aliphatic carbocycles. The summed E-state index contributed by atoms with van der Waals surface area (Å²) in [5.41, 5.74) is 0. The molecule has 78 heavy (non-hydrogen) atoms. The number of nitrogens with one attached hydrogen (secondary N) is 1. The summed E-state index contributed by atoms with van der Waals surface area (Å²) in [4.78, 5) is 25.6. The average molecular weight is 1120 g/mol. The van der Waals surface area contributed by atoms with E-state index in [-0.39, 0.29) is 19.1 Å². The number of amides is 1. The van der Waals surface area contributed by atoms with Crippen molar-refractivity contribution in [3.05, 3.63) is 36.5 Å². The molecular formula is C69H135N2O6P. The number of carbonyl (C=O) groups excluding carboxylic acids is 1. The minimum absolute atomic E-state index is 0.0141. The van der Waals surface area contributed by atoms with Gasteiger partial charge in [0, 0.05) is 6.42 Å². The van der Waals surface area contributed by atoms with Gasteiger partial charge in [0.15, 0.2) is 0 Å². The number of phosphoric acid groups is 1. The zero-order valence-corrected chi connectivity index (χ0v) is 53.8. The molecule has 3 unspecified atom stereocenters. The summed E-state index contributed by atoms with van der Waals surface area (Å²) in [6, 6.07) is -0.801. The van der Waals surface area contributed by atoms with Crippen molar-refractivity contribution in [2.24, 2.45) is 0 Å². The molecule has 462 valence electrons. The van der Waals surface area contributed by atoms with Gasteiger partial charge in [-0.25, -0.2) is 0 Å². The molecule has 0 aromatic heterocycles. The number of nitrogens with zero attached hydrogens (tertiary/aromatic N) is 1. The summed E-state index contributed by atoms with van der Waals surface area (Å²) in [5.74, 6) is -0.158. The normalized spacial score (nSPS) is 13.9. The third-order valence-corrected chi connectivity index (χ3v) is 16.8. The number of quaternary nitrogens is 1. The number of hydrogen-bond acceptors (Lipinski definition) is 6. The van der Waals surface area contributed by atoms with Gasteiger partial charge in [0.05, 0.1) is 39.9 Å². The first-order valence-corrected chi connectivity index (χ1v) is 35.8. The van der Waals surface area contributed by atoms with Gasteiger partial charge >= 0.3 is 0 Å². The first kappa shape index (κ1) is 76.7. The van der Waals surface area contributed by atoms with Crippen LogP contribution in [0.15, 0.2) is 36.5 Å². The van der Waals surface area contributed by atoms with Gasteiger partial charge in [-0.3, -0.25) is 9.36 Å². The third-order valence-electron chi connectivity index (χ3n) is 15.9. The van der Waals surface area contributed by atoms with Crippen LogP contribution in [0.2, 0.25) is 0 Å². The predicted molar refractivity (Wildman–Crippen MR) is 339 cm³/mol. The van der Waals surface area contributed by atoms with Crippen LogP contribution < -0.4 is 10.2 Å². The van der Waals surface area contributed by atoms with Crippen LogP contribution in [-0.4, -0.2) is 68.5 Å². The van der Waals surface area contributed by atoms with Crippen LogP contribution >= 0.6 is 7.82 Å². The van der Waals surface area contributed by atoms with Crippen LogP contribution in [-0.2, 0) is 18.4 Å². The van der Waals surface area contributed by atoms with E-state index in [9.17, 15) is 19.4 Å². The molecule has 0 heterocycles. The minimum Gasteiger partial charge on any atom is -0.756 e. The van der Waals surface area contributed by atoms with Gasteiger partial charge in [-0.15, -0.1) is 0 Å². The molecule has 3 atom stereocenters. The van der Waals surface area contributed by atoms with E-state index in [1.807, 2.05) is 21.1 Å². The topological polar surface area (TPSA) is 108 Å². The van der Waals surface area contributed by atoms with E-state index in [0.29, 0.717) is 23.9 Å². The summed E-state index contributed by atoms with van der Waals surface area (Å²) >= 11 is 0. The van der Waals surface area contributed by atoms with Crippen LogP contribution in [0.25, 0.3) is 0 Å². The van der Waals surface area contributed by atoms with Crippen molar-refractivity contribution in [2.75, 3.05) is 40.9 Å². The predicted octanol–water partition coefficient (Wildman–Crippen LogP) is 21.0. The van der Waals surface area contributed by atoms with E-state index in [1.54, 1.807) is 0 Å². The highest BCUT2D eigenvalue weighted by Gasteiger charge is 2.24. The second-order valence-electron chi connectivity index (χ2n) is 24.9. The lowest BCUT2D eigenvalue weighted by Crippen LogP contribution is -2.46. The molecule has 0 fully saturated rings. The van der Waals surface area contributed by atoms with Crippen molar-refractivity contribution >= 4 is 13.7 Å². The van der Waals surface area contributed by atoms with Crippen molar-refractivity contribution in [1.29, 1.82) is 0 Å². The quantitative estimate of drug-likeness (QED) is 0.0272. The van der Waals surface area contributed by atoms with E-state index < -0.39 is 20.0 Å². The van der Waals surface area contributed by atoms with Crippen LogP contribution in [0, 0.1) is 0 Å². The van der Waals surface area contributed by atoms with Crippen LogP contribution in [0.4, 0.5) is 0 Å². The largest absolute Gasteiger partial charge is 0.756 e. The van der Waals surface area contributed by atoms with E-state index in [2.05, 4.69) is 55.6 Å². The number of likely N-dealkylation sites (N-methyl/N-ethyl adjacent to an activating group) is 1. The maximum Gasteiger partial charge on any atom is 0.268 e. The number of hydrogen-bond donors (Lipinski definition) is 2. The van der Waals surface area contributed by atoms with Crippen LogP contribution in [0.3, 0.4) is 0 Å². The van der Waals surface area contributed by atoms with Gasteiger partial charge in [0.1, 0.15) is 13.2 Å². The maximum absolute atomic E-state index is 13.0. The van der Waals surface area contributed by atoms with E-state index >= 15 is 0 Å². The van der Waals surface area contributed by atoms with Gasteiger partial charge in [0.25, 0.3) is 7.82 Å². The molecule has 0 saturated carbocycles. The Hall–Kier alpha value is -1.28. The fourth-order valence-electron chi connectivity index (χ4n) is 10.5. The number of unbranched alkanes of at least 4 members (excludes halogenated alkanes) is 45. The van der Waals surface area contributed by atoms with Crippen LogP contribution in [0.5, 0.6) is 0 Å². The molecule has 0 saturated heterocycles. The lowest BCUT2D eigenvalue weighted by molar-refractivity contribution is -0.870. The van der Waals surface area contributed by atoms with E-state index in [1.165, 1.54) is 270 Å². The first-order chi connectivity index (χ1) is 38.0. The van der Waals surface area contributed by atoms with Gasteiger partial charge in [-0.1, -0.05) is 326 Å². The first-order valence-electron chi connectivity index (χ1n) is 34.3. The number of carbonyl (C=O) groups is 1. The van der Waals surface area contributed by atoms with Gasteiger partial charge in [-0.05, 0) is 51.4 Å². The molecule has 0 aromatic rings. The molecule has 0 aliphatic rings. The third kappa shape index (κ3) is 62.3. The fraction of sp³-hybridized carbons (Fsp3) is 0.899. The monoisotopic (exact) mass is 1120 g/mol. The maximum atomic E-state index is 13.0. The minimum atomic E-state index is -4.58. The van der Waals surface area contributed by atoms with Gasteiger partial charge in [-0.2, -0.15) is 0 Å². The average Bonchev–Trinajstić information content (AvgIpc) is 3.41. The highest BCUT2D eigenvalue weighted by molar-refractivity contribution is 7.45. The number of allylic oxidation sites excluding steroid dienone is 6. The molecule has 0 bridgehead atoms. The van der Waals surface area contributed by atoms with E-state index in [4.69, 9.17) is 9.05 Å². The summed E-state index contributed by atoms with van der Waals surface area (Å²) < 4.78 is 23.5. The fourth-order valence-corrected chi connectivity index (χ4v) is 11.2. The number of rotatable bonds is 64. The second-order valence-corrected chi connectivity index (χ2v) is 26.3. The Bertz CT molecular complexity index is 1360. The second kappa shape index (κ2) is 60.3. The van der Waals surface area contributed by atoms with Crippen molar-refractivity contribution in [3.63, 3.8) is 0 Å². The van der Waals surface area contributed by atoms with Crippen molar-refractivity contribution in [3.8, 4) is 0 Å². The lowest BCUT2D eigenvalue weighted by atomic mass is 10.0. The summed E-state index contributed by atoms with van der Waals surface area (Å²) in [6.07, 6.45) is 79.2. The zero-order chi connectivity index (χ0) is 57.0. The van der Waals surface area contributed by atoms with Gasteiger partial charge < -0.3 is 28.8 Å². The van der Waals surface area contributed by atoms with E-state index in [0.717, 1.165) is 51.4 Å². The molecule has 0 radical (unpaired) electrons. The van der Waals surface area contributed by atoms with Crippen molar-refractivity contribution in [2.45, 2.75) is 360 Å². The molecule has 0 aromatic carbocycles. The SMILES string of the molecule is CCCCCCC/C=C\C/C=C\C/C=C\CCCCCCCCCCCCCCCCCCCCC(=O)NC(COP(=O)([O-])OCC[N+](C)(C)C)C(O)CCCCCCCCCCCCCCCCCCCCCCCCC. The Kier molecular flexibility index (Phi) is 59.3. The summed E-state index contributed by atoms with van der Waals surface area (Å²) in [6.45, 7) is 4.76. The zero-order valence-electron chi connectivity index (χ0n) is 52.9. The number of aliphatic hydroxyl groups is 1. The Morgan fingerprint density at radius 1 is 0.449 bits per heavy atom.